The molecule has 1 unspecified atom stereocenters. The molecule has 74 valence electrons. The molecule has 1 heterocycles. The first-order valence-corrected chi connectivity index (χ1v) is 4.97. The standard InChI is InChI=1S/C12H15NO/c1-8-7-11-10(9(2)14)5-4-6-12(11)13(8)3/h4-6,8H,7H2,1-3H3. The molecule has 1 atom stereocenters. The first kappa shape index (κ1) is 9.25. The van der Waals surface area contributed by atoms with Gasteiger partial charge in [0.25, 0.3) is 0 Å². The Bertz CT molecular complexity index is 384. The normalized spacial score (nSPS) is 19.6. The highest BCUT2D eigenvalue weighted by molar-refractivity contribution is 5.97. The largest absolute Gasteiger partial charge is 0.371 e. The monoisotopic (exact) mass is 189 g/mol. The second-order valence-corrected chi connectivity index (χ2v) is 4.02. The van der Waals surface area contributed by atoms with Crippen LogP contribution in [0.2, 0.25) is 0 Å². The first-order valence-electron chi connectivity index (χ1n) is 4.97. The highest BCUT2D eigenvalue weighted by atomic mass is 16.1. The zero-order valence-corrected chi connectivity index (χ0v) is 8.87. The lowest BCUT2D eigenvalue weighted by atomic mass is 10.0. The summed E-state index contributed by atoms with van der Waals surface area (Å²) in [5, 5.41) is 0. The maximum Gasteiger partial charge on any atom is 0.160 e. The molecule has 1 aromatic carbocycles. The van der Waals surface area contributed by atoms with Crippen LogP contribution in [-0.2, 0) is 6.42 Å². The zero-order valence-electron chi connectivity index (χ0n) is 8.87. The molecule has 1 aliphatic heterocycles. The maximum atomic E-state index is 11.4. The van der Waals surface area contributed by atoms with Crippen LogP contribution < -0.4 is 4.90 Å². The van der Waals surface area contributed by atoms with Crippen molar-refractivity contribution in [2.75, 3.05) is 11.9 Å². The van der Waals surface area contributed by atoms with Crippen LogP contribution in [0.5, 0.6) is 0 Å². The number of carbonyl (C=O) groups is 1. The average Bonchev–Trinajstić information content (AvgIpc) is 2.43. The van der Waals surface area contributed by atoms with Crippen LogP contribution >= 0.6 is 0 Å². The summed E-state index contributed by atoms with van der Waals surface area (Å²) >= 11 is 0. The van der Waals surface area contributed by atoms with E-state index in [0.29, 0.717) is 6.04 Å². The zero-order chi connectivity index (χ0) is 10.3. The van der Waals surface area contributed by atoms with E-state index >= 15 is 0 Å². The van der Waals surface area contributed by atoms with Gasteiger partial charge >= 0.3 is 0 Å². The summed E-state index contributed by atoms with van der Waals surface area (Å²) in [5.41, 5.74) is 3.32. The van der Waals surface area contributed by atoms with Crippen molar-refractivity contribution >= 4 is 11.5 Å². The molecule has 0 radical (unpaired) electrons. The molecule has 1 aromatic rings. The molecular formula is C12H15NO. The second-order valence-electron chi connectivity index (χ2n) is 4.02. The van der Waals surface area contributed by atoms with E-state index in [0.717, 1.165) is 12.0 Å². The molecular weight excluding hydrogens is 174 g/mol. The second kappa shape index (κ2) is 3.12. The number of carbonyl (C=O) groups excluding carboxylic acids is 1. The number of hydrogen-bond donors (Lipinski definition) is 0. The molecule has 0 amide bonds. The molecule has 0 bridgehead atoms. The summed E-state index contributed by atoms with van der Waals surface area (Å²) < 4.78 is 0. The van der Waals surface area contributed by atoms with Crippen LogP contribution in [0.15, 0.2) is 18.2 Å². The van der Waals surface area contributed by atoms with Crippen molar-refractivity contribution in [2.24, 2.45) is 0 Å². The predicted octanol–water partition coefficient (Wildman–Crippen LogP) is 2.27. The van der Waals surface area contributed by atoms with E-state index in [1.165, 1.54) is 11.3 Å². The number of Topliss-reactive ketones (excluding diaryl/α,β-unsaturated/α-hetero) is 1. The lowest BCUT2D eigenvalue weighted by Crippen LogP contribution is -2.23. The Kier molecular flexibility index (Phi) is 2.06. The van der Waals surface area contributed by atoms with Crippen molar-refractivity contribution in [1.29, 1.82) is 0 Å². The fraction of sp³-hybridized carbons (Fsp3) is 0.417. The number of nitrogens with zero attached hydrogens (tertiary/aromatic N) is 1. The summed E-state index contributed by atoms with van der Waals surface area (Å²) in [4.78, 5) is 13.6. The van der Waals surface area contributed by atoms with Crippen molar-refractivity contribution in [3.63, 3.8) is 0 Å². The SMILES string of the molecule is CC(=O)c1cccc2c1CC(C)N2C. The van der Waals surface area contributed by atoms with E-state index in [9.17, 15) is 4.79 Å². The number of fused-ring (bicyclic) bond motifs is 1. The molecule has 0 saturated carbocycles. The summed E-state index contributed by atoms with van der Waals surface area (Å²) in [6.45, 7) is 3.82. The van der Waals surface area contributed by atoms with E-state index in [1.807, 2.05) is 12.1 Å². The fourth-order valence-electron chi connectivity index (χ4n) is 2.12. The van der Waals surface area contributed by atoms with Crippen molar-refractivity contribution in [3.8, 4) is 0 Å². The molecule has 0 saturated heterocycles. The molecule has 1 aliphatic rings. The van der Waals surface area contributed by atoms with Gasteiger partial charge in [0.15, 0.2) is 5.78 Å². The smallest absolute Gasteiger partial charge is 0.160 e. The van der Waals surface area contributed by atoms with Gasteiger partial charge in [-0.15, -0.1) is 0 Å². The third-order valence-corrected chi connectivity index (χ3v) is 3.07. The van der Waals surface area contributed by atoms with Crippen LogP contribution in [0.25, 0.3) is 0 Å². The van der Waals surface area contributed by atoms with Gasteiger partial charge in [-0.05, 0) is 31.9 Å². The minimum Gasteiger partial charge on any atom is -0.371 e. The Hall–Kier alpha value is -1.31. The highest BCUT2D eigenvalue weighted by Gasteiger charge is 2.25. The van der Waals surface area contributed by atoms with Gasteiger partial charge < -0.3 is 4.90 Å². The summed E-state index contributed by atoms with van der Waals surface area (Å²) in [5.74, 6) is 0.171. The van der Waals surface area contributed by atoms with Crippen molar-refractivity contribution < 1.29 is 4.79 Å². The van der Waals surface area contributed by atoms with Gasteiger partial charge in [-0.3, -0.25) is 4.79 Å². The van der Waals surface area contributed by atoms with Gasteiger partial charge in [-0.1, -0.05) is 12.1 Å². The first-order chi connectivity index (χ1) is 6.61. The number of ketones is 1. The Balaban J connectivity index is 2.56. The summed E-state index contributed by atoms with van der Waals surface area (Å²) in [7, 11) is 2.08. The van der Waals surface area contributed by atoms with Gasteiger partial charge in [0.2, 0.25) is 0 Å². The molecule has 0 aliphatic carbocycles. The lowest BCUT2D eigenvalue weighted by molar-refractivity contribution is 0.101. The Morgan fingerprint density at radius 1 is 1.50 bits per heavy atom. The van der Waals surface area contributed by atoms with E-state index in [4.69, 9.17) is 0 Å². The lowest BCUT2D eigenvalue weighted by Gasteiger charge is -2.18. The molecule has 0 fully saturated rings. The minimum atomic E-state index is 0.171. The third kappa shape index (κ3) is 1.22. The van der Waals surface area contributed by atoms with Gasteiger partial charge in [-0.25, -0.2) is 0 Å². The molecule has 0 N–H and O–H groups in total. The molecule has 2 nitrogen and oxygen atoms in total. The molecule has 0 spiro atoms. The van der Waals surface area contributed by atoms with Crippen LogP contribution in [0.1, 0.15) is 29.8 Å². The highest BCUT2D eigenvalue weighted by Crippen LogP contribution is 2.33. The molecule has 14 heavy (non-hydrogen) atoms. The van der Waals surface area contributed by atoms with Crippen LogP contribution in [0.3, 0.4) is 0 Å². The minimum absolute atomic E-state index is 0.171. The van der Waals surface area contributed by atoms with Gasteiger partial charge in [0.05, 0.1) is 0 Å². The molecule has 2 heteroatoms. The van der Waals surface area contributed by atoms with E-state index in [2.05, 4.69) is 24.9 Å². The van der Waals surface area contributed by atoms with Gasteiger partial charge in [0, 0.05) is 24.3 Å². The van der Waals surface area contributed by atoms with Crippen molar-refractivity contribution in [2.45, 2.75) is 26.3 Å². The van der Waals surface area contributed by atoms with Crippen LogP contribution in [0, 0.1) is 0 Å². The average molecular weight is 189 g/mol. The van der Waals surface area contributed by atoms with E-state index in [-0.39, 0.29) is 5.78 Å². The fourth-order valence-corrected chi connectivity index (χ4v) is 2.12. The Labute approximate surface area is 84.5 Å². The number of benzene rings is 1. The Morgan fingerprint density at radius 3 is 2.86 bits per heavy atom. The maximum absolute atomic E-state index is 11.4. The number of likely N-dealkylation sites (N-methyl/N-ethyl adjacent to an activating group) is 1. The van der Waals surface area contributed by atoms with E-state index in [1.54, 1.807) is 6.92 Å². The van der Waals surface area contributed by atoms with E-state index < -0.39 is 0 Å². The number of rotatable bonds is 1. The Morgan fingerprint density at radius 2 is 2.21 bits per heavy atom. The molecule has 2 rings (SSSR count). The third-order valence-electron chi connectivity index (χ3n) is 3.07. The molecule has 0 aromatic heterocycles. The van der Waals surface area contributed by atoms with Crippen LogP contribution in [-0.4, -0.2) is 18.9 Å². The van der Waals surface area contributed by atoms with Crippen molar-refractivity contribution in [3.05, 3.63) is 29.3 Å². The van der Waals surface area contributed by atoms with Gasteiger partial charge in [-0.2, -0.15) is 0 Å². The number of hydrogen-bond acceptors (Lipinski definition) is 2. The predicted molar refractivity (Wildman–Crippen MR) is 58.0 cm³/mol. The van der Waals surface area contributed by atoms with Gasteiger partial charge in [0.1, 0.15) is 0 Å². The topological polar surface area (TPSA) is 20.3 Å². The summed E-state index contributed by atoms with van der Waals surface area (Å²) in [6, 6.07) is 6.48. The quantitative estimate of drug-likeness (QED) is 0.632. The van der Waals surface area contributed by atoms with Crippen molar-refractivity contribution in [1.82, 2.24) is 0 Å². The van der Waals surface area contributed by atoms with Crippen LogP contribution in [0.4, 0.5) is 5.69 Å². The number of anilines is 1. The summed E-state index contributed by atoms with van der Waals surface area (Å²) in [6.07, 6.45) is 0.988.